The summed E-state index contributed by atoms with van der Waals surface area (Å²) in [6.45, 7) is 0. The van der Waals surface area contributed by atoms with Crippen LogP contribution in [0.15, 0.2) is 249 Å². The van der Waals surface area contributed by atoms with Gasteiger partial charge < -0.3 is 0 Å². The van der Waals surface area contributed by atoms with Crippen molar-refractivity contribution in [2.45, 2.75) is 0 Å². The predicted octanol–water partition coefficient (Wildman–Crippen LogP) is 16.7. The molecule has 0 saturated heterocycles. The summed E-state index contributed by atoms with van der Waals surface area (Å²) in [5.74, 6) is 1.84. The second kappa shape index (κ2) is 16.7. The maximum atomic E-state index is 5.26. The molecule has 0 aliphatic rings. The minimum absolute atomic E-state index is 0.614. The number of hydrogen-bond acceptors (Lipinski definition) is 3. The number of hydrogen-bond donors (Lipinski definition) is 0. The molecule has 308 valence electrons. The number of rotatable bonds is 8. The first kappa shape index (κ1) is 38.9. The minimum Gasteiger partial charge on any atom is -0.208 e. The van der Waals surface area contributed by atoms with Gasteiger partial charge in [0.1, 0.15) is 0 Å². The van der Waals surface area contributed by atoms with Gasteiger partial charge in [0, 0.05) is 16.7 Å². The first-order valence-electron chi connectivity index (χ1n) is 22.4. The maximum absolute atomic E-state index is 5.26. The molecule has 0 N–H and O–H groups in total. The van der Waals surface area contributed by atoms with Crippen molar-refractivity contribution < 1.29 is 0 Å². The molecule has 12 aromatic rings. The Kier molecular flexibility index (Phi) is 9.85. The van der Waals surface area contributed by atoms with Gasteiger partial charge in [0.15, 0.2) is 17.5 Å². The predicted molar refractivity (Wildman–Crippen MR) is 276 cm³/mol. The summed E-state index contributed by atoms with van der Waals surface area (Å²) in [7, 11) is 0. The van der Waals surface area contributed by atoms with Crippen LogP contribution in [-0.4, -0.2) is 15.0 Å². The van der Waals surface area contributed by atoms with Crippen LogP contribution in [0.2, 0.25) is 0 Å². The average Bonchev–Trinajstić information content (AvgIpc) is 3.40. The lowest BCUT2D eigenvalue weighted by molar-refractivity contribution is 1.07. The molecule has 0 aliphatic carbocycles. The number of benzene rings is 11. The van der Waals surface area contributed by atoms with Gasteiger partial charge in [0.2, 0.25) is 0 Å². The third-order valence-corrected chi connectivity index (χ3v) is 12.7. The first-order valence-corrected chi connectivity index (χ1v) is 22.4. The second-order valence-corrected chi connectivity index (χ2v) is 16.8. The van der Waals surface area contributed by atoms with Crippen LogP contribution in [0.4, 0.5) is 0 Å². The van der Waals surface area contributed by atoms with Gasteiger partial charge in [-0.25, -0.2) is 15.0 Å². The van der Waals surface area contributed by atoms with Crippen molar-refractivity contribution in [2.24, 2.45) is 0 Å². The van der Waals surface area contributed by atoms with Crippen LogP contribution in [0.5, 0.6) is 0 Å². The molecule has 1 aromatic heterocycles. The summed E-state index contributed by atoms with van der Waals surface area (Å²) in [6, 6.07) is 88.4. The molecule has 66 heavy (non-hydrogen) atoms. The molecule has 0 bridgehead atoms. The van der Waals surface area contributed by atoms with E-state index in [1.54, 1.807) is 0 Å². The Morgan fingerprint density at radius 3 is 1.23 bits per heavy atom. The van der Waals surface area contributed by atoms with E-state index in [4.69, 9.17) is 15.0 Å². The van der Waals surface area contributed by atoms with Gasteiger partial charge in [-0.1, -0.05) is 231 Å². The Morgan fingerprint density at radius 2 is 0.561 bits per heavy atom. The zero-order chi connectivity index (χ0) is 43.8. The van der Waals surface area contributed by atoms with Crippen molar-refractivity contribution in [1.29, 1.82) is 0 Å². The SMILES string of the molecule is c1ccc(-c2ccc(-c3cccc(-c4nc(-c5ccc(-c6ccccc6-c6ccc7ccccc7c6)cc5)nc(-c5cccc(-c6cccc7ccccc67)c5)n4)c3)c3ccccc23)cc1. The van der Waals surface area contributed by atoms with Crippen LogP contribution in [0.25, 0.3) is 122 Å². The van der Waals surface area contributed by atoms with E-state index in [0.717, 1.165) is 38.9 Å². The molecule has 12 rings (SSSR count). The van der Waals surface area contributed by atoms with Crippen LogP contribution < -0.4 is 0 Å². The average molecular weight is 840 g/mol. The lowest BCUT2D eigenvalue weighted by Gasteiger charge is -2.14. The highest BCUT2D eigenvalue weighted by atomic mass is 15.0. The fraction of sp³-hybridized carbons (Fsp3) is 0. The van der Waals surface area contributed by atoms with Gasteiger partial charge >= 0.3 is 0 Å². The standard InChI is InChI=1S/C63H41N3/c1-2-16-43(17-3-1)57-37-38-58(60-29-11-10-28-59(57)60)49-22-13-24-52(41-49)63-65-61(64-62(66-63)51-23-12-21-48(40-51)56-30-14-20-44-18-6-7-25-53(44)56)46-34-32-45(33-35-46)54-26-8-9-27-55(54)50-36-31-42-15-4-5-19-47(42)39-50/h1-41H. The van der Waals surface area contributed by atoms with Crippen molar-refractivity contribution in [3.8, 4) is 89.8 Å². The molecule has 3 nitrogen and oxygen atoms in total. The van der Waals surface area contributed by atoms with E-state index >= 15 is 0 Å². The highest BCUT2D eigenvalue weighted by Crippen LogP contribution is 2.39. The monoisotopic (exact) mass is 839 g/mol. The molecule has 0 aliphatic heterocycles. The fourth-order valence-corrected chi connectivity index (χ4v) is 9.45. The van der Waals surface area contributed by atoms with Crippen LogP contribution in [0.3, 0.4) is 0 Å². The van der Waals surface area contributed by atoms with E-state index in [2.05, 4.69) is 249 Å². The molecule has 0 saturated carbocycles. The van der Waals surface area contributed by atoms with Crippen LogP contribution in [0.1, 0.15) is 0 Å². The topological polar surface area (TPSA) is 38.7 Å². The van der Waals surface area contributed by atoms with E-state index in [9.17, 15) is 0 Å². The normalized spacial score (nSPS) is 11.3. The zero-order valence-corrected chi connectivity index (χ0v) is 36.0. The number of aromatic nitrogens is 3. The Balaban J connectivity index is 0.972. The van der Waals surface area contributed by atoms with Crippen molar-refractivity contribution in [3.05, 3.63) is 249 Å². The Hall–Kier alpha value is -8.79. The van der Waals surface area contributed by atoms with Crippen molar-refractivity contribution in [3.63, 3.8) is 0 Å². The quantitative estimate of drug-likeness (QED) is 0.153. The molecule has 1 heterocycles. The van der Waals surface area contributed by atoms with Gasteiger partial charge in [-0.3, -0.25) is 0 Å². The van der Waals surface area contributed by atoms with Gasteiger partial charge in [-0.05, 0) is 106 Å². The van der Waals surface area contributed by atoms with E-state index in [-0.39, 0.29) is 0 Å². The van der Waals surface area contributed by atoms with Crippen LogP contribution >= 0.6 is 0 Å². The van der Waals surface area contributed by atoms with E-state index < -0.39 is 0 Å². The summed E-state index contributed by atoms with van der Waals surface area (Å²) in [5, 5.41) is 7.28. The van der Waals surface area contributed by atoms with Gasteiger partial charge in [0.05, 0.1) is 0 Å². The molecule has 0 atom stereocenters. The molecule has 0 fully saturated rings. The van der Waals surface area contributed by atoms with Crippen molar-refractivity contribution in [1.82, 2.24) is 15.0 Å². The highest BCUT2D eigenvalue weighted by Gasteiger charge is 2.17. The molecule has 0 radical (unpaired) electrons. The summed E-state index contributed by atoms with van der Waals surface area (Å²) in [6.07, 6.45) is 0. The lowest BCUT2D eigenvalue weighted by Crippen LogP contribution is -2.00. The summed E-state index contributed by atoms with van der Waals surface area (Å²) < 4.78 is 0. The van der Waals surface area contributed by atoms with Crippen molar-refractivity contribution in [2.75, 3.05) is 0 Å². The Labute approximate surface area is 384 Å². The summed E-state index contributed by atoms with van der Waals surface area (Å²) >= 11 is 0. The summed E-state index contributed by atoms with van der Waals surface area (Å²) in [4.78, 5) is 15.7. The fourth-order valence-electron chi connectivity index (χ4n) is 9.45. The molecule has 11 aromatic carbocycles. The maximum Gasteiger partial charge on any atom is 0.164 e. The zero-order valence-electron chi connectivity index (χ0n) is 36.0. The first-order chi connectivity index (χ1) is 32.7. The van der Waals surface area contributed by atoms with Crippen LogP contribution in [-0.2, 0) is 0 Å². The molecular weight excluding hydrogens is 799 g/mol. The Bertz CT molecular complexity index is 3760. The molecule has 0 unspecified atom stereocenters. The second-order valence-electron chi connectivity index (χ2n) is 16.8. The van der Waals surface area contributed by atoms with Gasteiger partial charge in [-0.15, -0.1) is 0 Å². The van der Waals surface area contributed by atoms with Crippen LogP contribution in [0, 0.1) is 0 Å². The number of fused-ring (bicyclic) bond motifs is 3. The number of nitrogens with zero attached hydrogens (tertiary/aromatic N) is 3. The van der Waals surface area contributed by atoms with E-state index in [1.807, 2.05) is 0 Å². The molecule has 3 heteroatoms. The smallest absolute Gasteiger partial charge is 0.164 e. The molecule has 0 spiro atoms. The third-order valence-electron chi connectivity index (χ3n) is 12.7. The Morgan fingerprint density at radius 1 is 0.182 bits per heavy atom. The van der Waals surface area contributed by atoms with Gasteiger partial charge in [-0.2, -0.15) is 0 Å². The largest absolute Gasteiger partial charge is 0.208 e. The molecular formula is C63H41N3. The van der Waals surface area contributed by atoms with Crippen molar-refractivity contribution >= 4 is 32.3 Å². The summed E-state index contributed by atoms with van der Waals surface area (Å²) in [5.41, 5.74) is 14.4. The minimum atomic E-state index is 0.614. The molecule has 0 amide bonds. The lowest BCUT2D eigenvalue weighted by atomic mass is 9.91. The van der Waals surface area contributed by atoms with Gasteiger partial charge in [0.25, 0.3) is 0 Å². The highest BCUT2D eigenvalue weighted by molar-refractivity contribution is 6.05. The third kappa shape index (κ3) is 7.29. The van der Waals surface area contributed by atoms with E-state index in [0.29, 0.717) is 17.5 Å². The van der Waals surface area contributed by atoms with E-state index in [1.165, 1.54) is 65.7 Å².